The Labute approximate surface area is 164 Å². The molecular weight excluding hydrogens is 379 g/mol. The van der Waals surface area contributed by atoms with Crippen LogP contribution in [0.1, 0.15) is 5.56 Å². The average molecular weight is 394 g/mol. The van der Waals surface area contributed by atoms with Gasteiger partial charge in [-0.25, -0.2) is 4.39 Å². The number of thioether (sulfide) groups is 1. The number of halogens is 1. The van der Waals surface area contributed by atoms with Crippen LogP contribution in [0.3, 0.4) is 0 Å². The molecule has 0 aliphatic carbocycles. The van der Waals surface area contributed by atoms with E-state index >= 15 is 0 Å². The minimum absolute atomic E-state index is 0.134. The standard InChI is InChI=1S/C19H15FN6OS/c20-14-6-4-13(5-7-14)11-22-17(27)12-28-18-9-8-16-23-24-19(26(16)25-18)15-3-1-2-10-21-15/h1-10H,11-12H2,(H,22,27). The molecule has 9 heteroatoms. The molecular formula is C19H15FN6OS. The van der Waals surface area contributed by atoms with Crippen LogP contribution in [-0.2, 0) is 11.3 Å². The smallest absolute Gasteiger partial charge is 0.230 e. The minimum Gasteiger partial charge on any atom is -0.351 e. The SMILES string of the molecule is O=C(CSc1ccc2nnc(-c3ccccn3)n2n1)NCc1ccc(F)cc1. The molecule has 0 saturated carbocycles. The first-order chi connectivity index (χ1) is 13.7. The lowest BCUT2D eigenvalue weighted by Crippen LogP contribution is -2.24. The van der Waals surface area contributed by atoms with Crippen LogP contribution in [0, 0.1) is 5.82 Å². The maximum absolute atomic E-state index is 12.9. The molecule has 0 saturated heterocycles. The van der Waals surface area contributed by atoms with Gasteiger partial charge in [0.15, 0.2) is 5.65 Å². The molecule has 0 aliphatic heterocycles. The fourth-order valence-electron chi connectivity index (χ4n) is 2.50. The van der Waals surface area contributed by atoms with Gasteiger partial charge in [-0.05, 0) is 42.0 Å². The van der Waals surface area contributed by atoms with E-state index in [1.807, 2.05) is 18.2 Å². The predicted octanol–water partition coefficient (Wildman–Crippen LogP) is 2.73. The number of nitrogens with one attached hydrogen (secondary N) is 1. The Bertz CT molecular complexity index is 1100. The molecule has 4 aromatic rings. The molecule has 3 heterocycles. The Hall–Kier alpha value is -3.33. The molecule has 1 amide bonds. The number of aromatic nitrogens is 5. The van der Waals surface area contributed by atoms with Crippen molar-refractivity contribution in [3.05, 3.63) is 72.2 Å². The van der Waals surface area contributed by atoms with Crippen molar-refractivity contribution in [2.45, 2.75) is 11.6 Å². The monoisotopic (exact) mass is 394 g/mol. The van der Waals surface area contributed by atoms with E-state index in [1.54, 1.807) is 35.0 Å². The minimum atomic E-state index is -0.300. The van der Waals surface area contributed by atoms with Gasteiger partial charge in [-0.3, -0.25) is 9.78 Å². The van der Waals surface area contributed by atoms with Gasteiger partial charge in [-0.2, -0.15) is 9.61 Å². The first-order valence-electron chi connectivity index (χ1n) is 8.47. The molecule has 4 rings (SSSR count). The number of benzene rings is 1. The number of carbonyl (C=O) groups is 1. The highest BCUT2D eigenvalue weighted by atomic mass is 32.2. The topological polar surface area (TPSA) is 85.1 Å². The van der Waals surface area contributed by atoms with Gasteiger partial charge >= 0.3 is 0 Å². The molecule has 28 heavy (non-hydrogen) atoms. The van der Waals surface area contributed by atoms with E-state index in [2.05, 4.69) is 25.6 Å². The quantitative estimate of drug-likeness (QED) is 0.506. The lowest BCUT2D eigenvalue weighted by Gasteiger charge is -2.06. The summed E-state index contributed by atoms with van der Waals surface area (Å²) in [7, 11) is 0. The first kappa shape index (κ1) is 18.1. The summed E-state index contributed by atoms with van der Waals surface area (Å²) in [6.07, 6.45) is 1.68. The second kappa shape index (κ2) is 8.13. The fourth-order valence-corrected chi connectivity index (χ4v) is 3.18. The van der Waals surface area contributed by atoms with Crippen molar-refractivity contribution in [2.24, 2.45) is 0 Å². The van der Waals surface area contributed by atoms with Gasteiger partial charge in [0.1, 0.15) is 16.5 Å². The second-order valence-electron chi connectivity index (χ2n) is 5.87. The molecule has 1 aromatic carbocycles. The van der Waals surface area contributed by atoms with Crippen molar-refractivity contribution < 1.29 is 9.18 Å². The molecule has 0 radical (unpaired) electrons. The Balaban J connectivity index is 1.40. The predicted molar refractivity (Wildman–Crippen MR) is 103 cm³/mol. The van der Waals surface area contributed by atoms with Crippen molar-refractivity contribution in [1.29, 1.82) is 0 Å². The third kappa shape index (κ3) is 4.15. The van der Waals surface area contributed by atoms with E-state index < -0.39 is 0 Å². The molecule has 7 nitrogen and oxygen atoms in total. The van der Waals surface area contributed by atoms with Gasteiger partial charge in [0.25, 0.3) is 0 Å². The molecule has 0 unspecified atom stereocenters. The van der Waals surface area contributed by atoms with Crippen LogP contribution in [-0.4, -0.2) is 36.5 Å². The third-order valence-electron chi connectivity index (χ3n) is 3.89. The van der Waals surface area contributed by atoms with E-state index in [0.29, 0.717) is 28.7 Å². The van der Waals surface area contributed by atoms with Crippen molar-refractivity contribution in [1.82, 2.24) is 30.1 Å². The number of fused-ring (bicyclic) bond motifs is 1. The van der Waals surface area contributed by atoms with E-state index in [9.17, 15) is 9.18 Å². The summed E-state index contributed by atoms with van der Waals surface area (Å²) >= 11 is 1.31. The summed E-state index contributed by atoms with van der Waals surface area (Å²) in [4.78, 5) is 16.4. The van der Waals surface area contributed by atoms with Crippen LogP contribution >= 0.6 is 11.8 Å². The summed E-state index contributed by atoms with van der Waals surface area (Å²) < 4.78 is 14.5. The molecule has 0 aliphatic rings. The van der Waals surface area contributed by atoms with Gasteiger partial charge in [0.05, 0.1) is 5.75 Å². The summed E-state index contributed by atoms with van der Waals surface area (Å²) in [6.45, 7) is 0.349. The number of pyridine rings is 1. The third-order valence-corrected chi connectivity index (χ3v) is 4.81. The van der Waals surface area contributed by atoms with Crippen molar-refractivity contribution in [3.63, 3.8) is 0 Å². The molecule has 3 aromatic heterocycles. The summed E-state index contributed by atoms with van der Waals surface area (Å²) in [5, 5.41) is 16.2. The normalized spacial score (nSPS) is 10.9. The number of amides is 1. The Morgan fingerprint density at radius 3 is 2.71 bits per heavy atom. The van der Waals surface area contributed by atoms with Gasteiger partial charge in [0, 0.05) is 12.7 Å². The van der Waals surface area contributed by atoms with Gasteiger partial charge < -0.3 is 5.32 Å². The highest BCUT2D eigenvalue weighted by Gasteiger charge is 2.12. The highest BCUT2D eigenvalue weighted by molar-refractivity contribution is 7.99. The van der Waals surface area contributed by atoms with Gasteiger partial charge in [0.2, 0.25) is 11.7 Å². The van der Waals surface area contributed by atoms with Crippen LogP contribution in [0.4, 0.5) is 4.39 Å². The van der Waals surface area contributed by atoms with Crippen molar-refractivity contribution >= 4 is 23.3 Å². The lowest BCUT2D eigenvalue weighted by molar-refractivity contribution is -0.118. The lowest BCUT2D eigenvalue weighted by atomic mass is 10.2. The number of carbonyl (C=O) groups excluding carboxylic acids is 1. The second-order valence-corrected chi connectivity index (χ2v) is 6.87. The molecule has 0 spiro atoms. The largest absolute Gasteiger partial charge is 0.351 e. The maximum atomic E-state index is 12.9. The zero-order valence-electron chi connectivity index (χ0n) is 14.6. The highest BCUT2D eigenvalue weighted by Crippen LogP contribution is 2.19. The maximum Gasteiger partial charge on any atom is 0.230 e. The molecule has 1 N–H and O–H groups in total. The van der Waals surface area contributed by atoms with E-state index in [4.69, 9.17) is 0 Å². The summed E-state index contributed by atoms with van der Waals surface area (Å²) in [5.74, 6) is 0.315. The fraction of sp³-hybridized carbons (Fsp3) is 0.105. The number of nitrogens with zero attached hydrogens (tertiary/aromatic N) is 5. The van der Waals surface area contributed by atoms with Gasteiger partial charge in [-0.15, -0.1) is 10.2 Å². The molecule has 0 fully saturated rings. The molecule has 140 valence electrons. The van der Waals surface area contributed by atoms with Gasteiger partial charge in [-0.1, -0.05) is 30.0 Å². The van der Waals surface area contributed by atoms with Crippen LogP contribution in [0.25, 0.3) is 17.2 Å². The molecule has 0 bridgehead atoms. The van der Waals surface area contributed by atoms with E-state index in [1.165, 1.54) is 23.9 Å². The average Bonchev–Trinajstić information content (AvgIpc) is 3.16. The molecule has 0 atom stereocenters. The first-order valence-corrected chi connectivity index (χ1v) is 9.45. The van der Waals surface area contributed by atoms with Crippen LogP contribution in [0.15, 0.2) is 65.8 Å². The van der Waals surface area contributed by atoms with Crippen LogP contribution in [0.2, 0.25) is 0 Å². The van der Waals surface area contributed by atoms with Crippen LogP contribution in [0.5, 0.6) is 0 Å². The number of hydrogen-bond acceptors (Lipinski definition) is 6. The number of hydrogen-bond donors (Lipinski definition) is 1. The zero-order chi connectivity index (χ0) is 19.3. The summed E-state index contributed by atoms with van der Waals surface area (Å²) in [6, 6.07) is 15.1. The van der Waals surface area contributed by atoms with E-state index in [-0.39, 0.29) is 17.5 Å². The van der Waals surface area contributed by atoms with Crippen molar-refractivity contribution in [2.75, 3.05) is 5.75 Å². The van der Waals surface area contributed by atoms with Crippen LogP contribution < -0.4 is 5.32 Å². The Morgan fingerprint density at radius 2 is 1.93 bits per heavy atom. The van der Waals surface area contributed by atoms with Crippen molar-refractivity contribution in [3.8, 4) is 11.5 Å². The number of rotatable bonds is 6. The zero-order valence-corrected chi connectivity index (χ0v) is 15.4. The summed E-state index contributed by atoms with van der Waals surface area (Å²) in [5.41, 5.74) is 2.11. The Morgan fingerprint density at radius 1 is 1.07 bits per heavy atom. The Kier molecular flexibility index (Phi) is 5.24. The van der Waals surface area contributed by atoms with E-state index in [0.717, 1.165) is 5.56 Å².